The second-order valence-electron chi connectivity index (χ2n) is 4.63. The van der Waals surface area contributed by atoms with E-state index in [0.29, 0.717) is 16.5 Å². The van der Waals surface area contributed by atoms with Gasteiger partial charge in [0.05, 0.1) is 25.3 Å². The molecule has 1 heterocycles. The molecule has 0 aliphatic heterocycles. The molecule has 6 heteroatoms. The zero-order chi connectivity index (χ0) is 15.4. The highest BCUT2D eigenvalue weighted by atomic mass is 35.5. The Morgan fingerprint density at radius 1 is 1.14 bits per heavy atom. The third kappa shape index (κ3) is 3.26. The number of nitrogens with one attached hydrogen (secondary N) is 1. The average molecular weight is 308 g/mol. The van der Waals surface area contributed by atoms with Gasteiger partial charge in [0.25, 0.3) is 0 Å². The molecule has 2 aromatic rings. The predicted octanol–water partition coefficient (Wildman–Crippen LogP) is 2.61. The van der Waals surface area contributed by atoms with Gasteiger partial charge in [-0.25, -0.2) is 5.43 Å². The minimum absolute atomic E-state index is 0.241. The smallest absolute Gasteiger partial charge is 0.179 e. The molecule has 0 saturated carbocycles. The number of aromatic nitrogens is 1. The molecule has 0 aliphatic carbocycles. The van der Waals surface area contributed by atoms with Crippen molar-refractivity contribution in [1.29, 1.82) is 0 Å². The average Bonchev–Trinajstić information content (AvgIpc) is 2.47. The van der Waals surface area contributed by atoms with E-state index in [2.05, 4.69) is 10.4 Å². The number of hydrogen-bond acceptors (Lipinski definition) is 5. The monoisotopic (exact) mass is 307 g/mol. The van der Waals surface area contributed by atoms with Crippen LogP contribution in [0.1, 0.15) is 22.7 Å². The summed E-state index contributed by atoms with van der Waals surface area (Å²) in [6.07, 6.45) is 3.56. The Morgan fingerprint density at radius 3 is 2.48 bits per heavy atom. The molecule has 1 unspecified atom stereocenters. The molecule has 0 aliphatic rings. The number of halogens is 1. The second kappa shape index (κ2) is 6.76. The van der Waals surface area contributed by atoms with Crippen molar-refractivity contribution < 1.29 is 9.47 Å². The maximum atomic E-state index is 6.24. The van der Waals surface area contributed by atoms with Crippen LogP contribution in [0, 0.1) is 6.92 Å². The quantitative estimate of drug-likeness (QED) is 0.656. The molecule has 5 nitrogen and oxygen atoms in total. The topological polar surface area (TPSA) is 69.4 Å². The predicted molar refractivity (Wildman–Crippen MR) is 82.7 cm³/mol. The van der Waals surface area contributed by atoms with Gasteiger partial charge in [-0.3, -0.25) is 10.8 Å². The van der Waals surface area contributed by atoms with Crippen molar-refractivity contribution in [1.82, 2.24) is 10.4 Å². The van der Waals surface area contributed by atoms with E-state index >= 15 is 0 Å². The molecular formula is C15H18ClN3O2. The van der Waals surface area contributed by atoms with Crippen LogP contribution >= 0.6 is 11.6 Å². The van der Waals surface area contributed by atoms with Gasteiger partial charge in [-0.2, -0.15) is 0 Å². The van der Waals surface area contributed by atoms with E-state index < -0.39 is 0 Å². The third-order valence-electron chi connectivity index (χ3n) is 3.19. The fraction of sp³-hybridized carbons (Fsp3) is 0.267. The van der Waals surface area contributed by atoms with Gasteiger partial charge in [-0.05, 0) is 35.7 Å². The van der Waals surface area contributed by atoms with E-state index in [1.165, 1.54) is 0 Å². The first-order valence-electron chi connectivity index (χ1n) is 6.39. The van der Waals surface area contributed by atoms with Crippen molar-refractivity contribution >= 4 is 11.6 Å². The lowest BCUT2D eigenvalue weighted by Gasteiger charge is -2.19. The Balaban J connectivity index is 2.50. The van der Waals surface area contributed by atoms with Crippen LogP contribution in [0.4, 0.5) is 0 Å². The molecule has 0 fully saturated rings. The Bertz CT molecular complexity index is 634. The van der Waals surface area contributed by atoms with Crippen LogP contribution in [0.15, 0.2) is 30.6 Å². The number of benzene rings is 1. The van der Waals surface area contributed by atoms with Crippen molar-refractivity contribution in [3.05, 3.63) is 52.3 Å². The highest BCUT2D eigenvalue weighted by Crippen LogP contribution is 2.38. The SMILES string of the molecule is COc1cc(C(NN)c2cncc(C)c2)cc(Cl)c1OC. The Hall–Kier alpha value is -1.82. The molecule has 0 bridgehead atoms. The van der Waals surface area contributed by atoms with E-state index in [4.69, 9.17) is 26.9 Å². The molecule has 1 aromatic heterocycles. The van der Waals surface area contributed by atoms with Crippen molar-refractivity contribution in [3.63, 3.8) is 0 Å². The van der Waals surface area contributed by atoms with Gasteiger partial charge < -0.3 is 9.47 Å². The summed E-state index contributed by atoms with van der Waals surface area (Å²) in [5.74, 6) is 6.76. The van der Waals surface area contributed by atoms with E-state index in [-0.39, 0.29) is 6.04 Å². The van der Waals surface area contributed by atoms with Gasteiger partial charge >= 0.3 is 0 Å². The lowest BCUT2D eigenvalue weighted by atomic mass is 9.99. The Kier molecular flexibility index (Phi) is 5.01. The van der Waals surface area contributed by atoms with Crippen LogP contribution in [0.3, 0.4) is 0 Å². The maximum absolute atomic E-state index is 6.24. The van der Waals surface area contributed by atoms with Crippen molar-refractivity contribution in [3.8, 4) is 11.5 Å². The molecule has 3 N–H and O–H groups in total. The fourth-order valence-corrected chi connectivity index (χ4v) is 2.52. The first-order chi connectivity index (χ1) is 10.1. The third-order valence-corrected chi connectivity index (χ3v) is 3.47. The number of rotatable bonds is 5. The number of nitrogens with zero attached hydrogens (tertiary/aromatic N) is 1. The minimum Gasteiger partial charge on any atom is -0.493 e. The van der Waals surface area contributed by atoms with Crippen LogP contribution in [0.2, 0.25) is 5.02 Å². The van der Waals surface area contributed by atoms with E-state index in [9.17, 15) is 0 Å². The van der Waals surface area contributed by atoms with Gasteiger partial charge in [0.1, 0.15) is 0 Å². The maximum Gasteiger partial charge on any atom is 0.179 e. The lowest BCUT2D eigenvalue weighted by Crippen LogP contribution is -2.29. The number of nitrogens with two attached hydrogens (primary N) is 1. The summed E-state index contributed by atoms with van der Waals surface area (Å²) in [6, 6.07) is 5.42. The number of hydrazine groups is 1. The van der Waals surface area contributed by atoms with Crippen LogP contribution in [0.5, 0.6) is 11.5 Å². The molecule has 112 valence electrons. The zero-order valence-corrected chi connectivity index (χ0v) is 12.9. The number of pyridine rings is 1. The Labute approximate surface area is 129 Å². The summed E-state index contributed by atoms with van der Waals surface area (Å²) >= 11 is 6.24. The summed E-state index contributed by atoms with van der Waals surface area (Å²) in [5.41, 5.74) is 5.65. The van der Waals surface area contributed by atoms with Crippen molar-refractivity contribution in [2.75, 3.05) is 14.2 Å². The summed E-state index contributed by atoms with van der Waals surface area (Å²) in [5, 5.41) is 0.465. The molecule has 2 rings (SSSR count). The summed E-state index contributed by atoms with van der Waals surface area (Å²) in [6.45, 7) is 1.98. The standard InChI is InChI=1S/C15H18ClN3O2/c1-9-4-11(8-18-7-9)14(19-17)10-5-12(16)15(21-3)13(6-10)20-2/h4-8,14,19H,17H2,1-3H3. The molecule has 1 atom stereocenters. The summed E-state index contributed by atoms with van der Waals surface area (Å²) < 4.78 is 10.6. The highest BCUT2D eigenvalue weighted by Gasteiger charge is 2.18. The largest absolute Gasteiger partial charge is 0.493 e. The summed E-state index contributed by atoms with van der Waals surface area (Å²) in [4.78, 5) is 4.19. The van der Waals surface area contributed by atoms with Crippen LogP contribution < -0.4 is 20.7 Å². The fourth-order valence-electron chi connectivity index (χ4n) is 2.23. The normalized spacial score (nSPS) is 12.0. The van der Waals surface area contributed by atoms with Crippen molar-refractivity contribution in [2.45, 2.75) is 13.0 Å². The minimum atomic E-state index is -0.241. The molecule has 0 saturated heterocycles. The van der Waals surface area contributed by atoms with E-state index in [1.807, 2.05) is 19.1 Å². The molecule has 0 spiro atoms. The number of aryl methyl sites for hydroxylation is 1. The first-order valence-corrected chi connectivity index (χ1v) is 6.77. The number of methoxy groups -OCH3 is 2. The lowest BCUT2D eigenvalue weighted by molar-refractivity contribution is 0.354. The molecule has 0 radical (unpaired) electrons. The van der Waals surface area contributed by atoms with Gasteiger partial charge in [0.2, 0.25) is 0 Å². The van der Waals surface area contributed by atoms with Crippen LogP contribution in [-0.2, 0) is 0 Å². The number of ether oxygens (including phenoxy) is 2. The number of hydrogen-bond donors (Lipinski definition) is 2. The molecule has 1 aromatic carbocycles. The zero-order valence-electron chi connectivity index (χ0n) is 12.2. The van der Waals surface area contributed by atoms with E-state index in [1.54, 1.807) is 32.7 Å². The van der Waals surface area contributed by atoms with Crippen LogP contribution in [0.25, 0.3) is 0 Å². The van der Waals surface area contributed by atoms with E-state index in [0.717, 1.165) is 16.7 Å². The van der Waals surface area contributed by atoms with Gasteiger partial charge in [-0.1, -0.05) is 17.7 Å². The highest BCUT2D eigenvalue weighted by molar-refractivity contribution is 6.32. The molecular weight excluding hydrogens is 290 g/mol. The second-order valence-corrected chi connectivity index (χ2v) is 5.04. The van der Waals surface area contributed by atoms with Gasteiger partial charge in [0, 0.05) is 12.4 Å². The molecule has 21 heavy (non-hydrogen) atoms. The van der Waals surface area contributed by atoms with Crippen LogP contribution in [-0.4, -0.2) is 19.2 Å². The van der Waals surface area contributed by atoms with Crippen molar-refractivity contribution in [2.24, 2.45) is 5.84 Å². The van der Waals surface area contributed by atoms with Gasteiger partial charge in [-0.15, -0.1) is 0 Å². The van der Waals surface area contributed by atoms with Gasteiger partial charge in [0.15, 0.2) is 11.5 Å². The first kappa shape index (κ1) is 15.6. The molecule has 0 amide bonds. The Morgan fingerprint density at radius 2 is 1.90 bits per heavy atom. The summed E-state index contributed by atoms with van der Waals surface area (Å²) in [7, 11) is 3.11.